The highest BCUT2D eigenvalue weighted by Crippen LogP contribution is 2.34. The van der Waals surface area contributed by atoms with E-state index in [1.165, 1.54) is 14.9 Å². The standard InChI is InChI=1S/C30H30N4O4.C29H25N3O5.CH4ClN.CH4/c1-4-38-30(36)27-26-17-18-33(29(35)28(26)34(32-27)23-13-15-24(37-3)16-14-23)22-11-9-20(10-12-22)25-8-6-5-7-21(25)19-31-2;1-3-37-29(35)26-25-16-17-31(21-10-8-19(9-11-21)24-7-5-4-6-20(24)18-33)28(34)27(25)32(30-26)22-12-14-23(36-2)15-13-22;1-3-2;/h5-16,31H,4,17-19H2,1-3H3;4-15,18H,3,16-17H2,1-2H3;3H,1H3;1H4. The van der Waals surface area contributed by atoms with E-state index in [9.17, 15) is 24.0 Å². The van der Waals surface area contributed by atoms with E-state index in [1.807, 2.05) is 98.0 Å². The summed E-state index contributed by atoms with van der Waals surface area (Å²) in [6.07, 6.45) is 1.76. The average molecular weight is 1090 g/mol. The third-order valence-corrected chi connectivity index (χ3v) is 13.1. The molecular formula is C61H63ClN8O9. The molecule has 0 unspecified atom stereocenters. The number of aromatic nitrogens is 4. The van der Waals surface area contributed by atoms with Gasteiger partial charge in [-0.15, -0.1) is 0 Å². The number of anilines is 2. The molecule has 0 atom stereocenters. The van der Waals surface area contributed by atoms with Gasteiger partial charge in [-0.2, -0.15) is 10.2 Å². The Kier molecular flexibility index (Phi) is 19.7. The maximum Gasteiger partial charge on any atom is 0.359 e. The number of amides is 2. The van der Waals surface area contributed by atoms with Crippen LogP contribution in [-0.4, -0.2) is 104 Å². The number of ether oxygens (including phenoxy) is 4. The number of rotatable bonds is 15. The minimum atomic E-state index is -0.551. The largest absolute Gasteiger partial charge is 0.497 e. The molecule has 10 rings (SSSR count). The molecule has 17 nitrogen and oxygen atoms in total. The van der Waals surface area contributed by atoms with Crippen molar-refractivity contribution in [2.45, 2.75) is 40.7 Å². The summed E-state index contributed by atoms with van der Waals surface area (Å²) in [6, 6.07) is 45.5. The first-order chi connectivity index (χ1) is 38.0. The van der Waals surface area contributed by atoms with Crippen LogP contribution in [-0.2, 0) is 28.9 Å². The molecule has 2 aliphatic rings. The molecule has 0 spiro atoms. The topological polar surface area (TPSA) is 188 Å². The minimum absolute atomic E-state index is 0. The molecule has 6 aromatic carbocycles. The Morgan fingerprint density at radius 1 is 0.582 bits per heavy atom. The Morgan fingerprint density at radius 2 is 0.975 bits per heavy atom. The highest BCUT2D eigenvalue weighted by molar-refractivity contribution is 6.13. The second-order valence-corrected chi connectivity index (χ2v) is 18.0. The van der Waals surface area contributed by atoms with E-state index in [2.05, 4.69) is 32.5 Å². The zero-order chi connectivity index (χ0) is 55.3. The van der Waals surface area contributed by atoms with Crippen LogP contribution in [0.4, 0.5) is 11.4 Å². The Hall–Kier alpha value is -8.90. The SMILES string of the molecule is C.CCOC(=O)c1nn(-c2ccc(OC)cc2)c2c1CCN(c1ccc(-c3ccccc3C=O)cc1)C2=O.CCOC(=O)c1nn(-c2ccc(OC)cc2)c2c1CCN(c1ccc(-c3ccccc3CNC)cc1)C2=O.CNCl. The van der Waals surface area contributed by atoms with Crippen LogP contribution >= 0.6 is 11.8 Å². The zero-order valence-electron chi connectivity index (χ0n) is 44.1. The van der Waals surface area contributed by atoms with Crippen LogP contribution in [0, 0.1) is 0 Å². The highest BCUT2D eigenvalue weighted by atomic mass is 35.5. The molecule has 0 fully saturated rings. The van der Waals surface area contributed by atoms with Gasteiger partial charge in [-0.1, -0.05) is 80.2 Å². The smallest absolute Gasteiger partial charge is 0.359 e. The lowest BCUT2D eigenvalue weighted by molar-refractivity contribution is 0.0508. The first-order valence-corrected chi connectivity index (χ1v) is 25.7. The van der Waals surface area contributed by atoms with Crippen LogP contribution < -0.4 is 29.4 Å². The van der Waals surface area contributed by atoms with Crippen LogP contribution in [0.15, 0.2) is 146 Å². The van der Waals surface area contributed by atoms with Gasteiger partial charge in [-0.3, -0.25) is 14.4 Å². The van der Waals surface area contributed by atoms with Crippen molar-refractivity contribution in [1.29, 1.82) is 0 Å². The number of fused-ring (bicyclic) bond motifs is 2. The van der Waals surface area contributed by atoms with Gasteiger partial charge in [-0.25, -0.2) is 23.8 Å². The van der Waals surface area contributed by atoms with Gasteiger partial charge in [0.25, 0.3) is 11.8 Å². The molecule has 2 aromatic heterocycles. The van der Waals surface area contributed by atoms with Crippen molar-refractivity contribution in [3.8, 4) is 45.1 Å². The van der Waals surface area contributed by atoms with E-state index in [0.29, 0.717) is 82.6 Å². The molecule has 0 aliphatic carbocycles. The molecule has 0 saturated carbocycles. The van der Waals surface area contributed by atoms with Gasteiger partial charge in [0.15, 0.2) is 17.7 Å². The fraction of sp³-hybridized carbons (Fsp3) is 0.230. The van der Waals surface area contributed by atoms with Crippen molar-refractivity contribution >= 4 is 53.2 Å². The summed E-state index contributed by atoms with van der Waals surface area (Å²) in [5.41, 5.74) is 10.7. The monoisotopic (exact) mass is 1090 g/mol. The lowest BCUT2D eigenvalue weighted by Crippen LogP contribution is -2.39. The number of nitrogens with zero attached hydrogens (tertiary/aromatic N) is 6. The van der Waals surface area contributed by atoms with Crippen LogP contribution in [0.1, 0.15) is 90.3 Å². The molecule has 2 aliphatic heterocycles. The van der Waals surface area contributed by atoms with Crippen molar-refractivity contribution < 1.29 is 42.9 Å². The molecule has 8 aromatic rings. The van der Waals surface area contributed by atoms with Crippen LogP contribution in [0.2, 0.25) is 0 Å². The van der Waals surface area contributed by atoms with E-state index >= 15 is 0 Å². The van der Waals surface area contributed by atoms with Gasteiger partial charge in [0.05, 0.1) is 38.8 Å². The maximum atomic E-state index is 13.9. The molecule has 408 valence electrons. The molecule has 2 N–H and O–H groups in total. The molecule has 79 heavy (non-hydrogen) atoms. The second-order valence-electron chi connectivity index (χ2n) is 17.6. The molecule has 0 radical (unpaired) electrons. The molecular weight excluding hydrogens is 1020 g/mol. The molecule has 2 amide bonds. The zero-order valence-corrected chi connectivity index (χ0v) is 44.9. The van der Waals surface area contributed by atoms with Crippen LogP contribution in [0.25, 0.3) is 33.6 Å². The van der Waals surface area contributed by atoms with E-state index in [0.717, 1.165) is 40.8 Å². The molecule has 0 saturated heterocycles. The van der Waals surface area contributed by atoms with E-state index < -0.39 is 11.9 Å². The van der Waals surface area contributed by atoms with Crippen molar-refractivity contribution in [3.63, 3.8) is 0 Å². The number of carbonyl (C=O) groups is 5. The van der Waals surface area contributed by atoms with Crippen molar-refractivity contribution in [1.82, 2.24) is 29.7 Å². The van der Waals surface area contributed by atoms with Crippen molar-refractivity contribution in [2.24, 2.45) is 0 Å². The number of carbonyl (C=O) groups excluding carboxylic acids is 5. The number of hydrogen-bond donors (Lipinski definition) is 2. The minimum Gasteiger partial charge on any atom is -0.497 e. The third-order valence-electron chi connectivity index (χ3n) is 13.1. The quantitative estimate of drug-likeness (QED) is 0.0561. The Balaban J connectivity index is 0.000000215. The molecule has 0 bridgehead atoms. The summed E-state index contributed by atoms with van der Waals surface area (Å²) >= 11 is 4.75. The Morgan fingerprint density at radius 3 is 1.38 bits per heavy atom. The highest BCUT2D eigenvalue weighted by Gasteiger charge is 2.37. The predicted octanol–water partition coefficient (Wildman–Crippen LogP) is 10.4. The number of nitrogens with one attached hydrogen (secondary N) is 2. The van der Waals surface area contributed by atoms with Gasteiger partial charge in [0.2, 0.25) is 0 Å². The summed E-state index contributed by atoms with van der Waals surface area (Å²) < 4.78 is 24.0. The Labute approximate surface area is 464 Å². The van der Waals surface area contributed by atoms with Gasteiger partial charge in [0.1, 0.15) is 22.9 Å². The lowest BCUT2D eigenvalue weighted by atomic mass is 9.98. The molecule has 18 heteroatoms. The van der Waals surface area contributed by atoms with Gasteiger partial charge in [0, 0.05) is 47.7 Å². The summed E-state index contributed by atoms with van der Waals surface area (Å²) in [7, 11) is 6.74. The first kappa shape index (κ1) is 57.8. The lowest BCUT2D eigenvalue weighted by Gasteiger charge is -2.28. The number of esters is 2. The molecule has 4 heterocycles. The fourth-order valence-electron chi connectivity index (χ4n) is 9.41. The number of benzene rings is 6. The summed E-state index contributed by atoms with van der Waals surface area (Å²) in [4.78, 5) is 70.2. The fourth-order valence-corrected chi connectivity index (χ4v) is 9.41. The number of hydrogen-bond acceptors (Lipinski definition) is 13. The van der Waals surface area contributed by atoms with Crippen molar-refractivity contribution in [3.05, 3.63) is 191 Å². The van der Waals surface area contributed by atoms with Crippen LogP contribution in [0.5, 0.6) is 11.5 Å². The van der Waals surface area contributed by atoms with E-state index in [-0.39, 0.29) is 43.8 Å². The third kappa shape index (κ3) is 12.4. The Bertz CT molecular complexity index is 3410. The second kappa shape index (κ2) is 26.9. The normalized spacial score (nSPS) is 12.3. The van der Waals surface area contributed by atoms with Crippen LogP contribution in [0.3, 0.4) is 0 Å². The van der Waals surface area contributed by atoms with Gasteiger partial charge in [-0.05, 0) is 153 Å². The predicted molar refractivity (Wildman–Crippen MR) is 306 cm³/mol. The van der Waals surface area contributed by atoms with E-state index in [4.69, 9.17) is 30.7 Å². The summed E-state index contributed by atoms with van der Waals surface area (Å²) in [6.45, 7) is 5.51. The number of methoxy groups -OCH3 is 2. The first-order valence-electron chi connectivity index (χ1n) is 25.3. The number of aldehydes is 1. The summed E-state index contributed by atoms with van der Waals surface area (Å²) in [5, 5.41) is 12.3. The summed E-state index contributed by atoms with van der Waals surface area (Å²) in [5.74, 6) is -0.203. The maximum absolute atomic E-state index is 13.9. The van der Waals surface area contributed by atoms with E-state index in [1.54, 1.807) is 87.4 Å². The van der Waals surface area contributed by atoms with Gasteiger partial charge < -0.3 is 34.1 Å². The number of halogens is 1. The van der Waals surface area contributed by atoms with Crippen molar-refractivity contribution in [2.75, 3.05) is 64.4 Å². The average Bonchev–Trinajstić information content (AvgIpc) is 4.21. The van der Waals surface area contributed by atoms with Gasteiger partial charge >= 0.3 is 11.9 Å².